The maximum atomic E-state index is 13.8. The lowest BCUT2D eigenvalue weighted by molar-refractivity contribution is 0.0272. The van der Waals surface area contributed by atoms with Crippen molar-refractivity contribution >= 4 is 17.6 Å². The third kappa shape index (κ3) is 4.34. The van der Waals surface area contributed by atoms with E-state index in [9.17, 15) is 14.0 Å². The normalized spacial score (nSPS) is 14.9. The van der Waals surface area contributed by atoms with E-state index in [0.717, 1.165) is 5.57 Å². The third-order valence-electron chi connectivity index (χ3n) is 3.55. The average Bonchev–Trinajstić information content (AvgIpc) is 2.53. The lowest BCUT2D eigenvalue weighted by Gasteiger charge is -2.30. The second-order valence-corrected chi connectivity index (χ2v) is 6.61. The molecule has 0 saturated heterocycles. The molecule has 1 heterocycles. The summed E-state index contributed by atoms with van der Waals surface area (Å²) in [7, 11) is 1.21. The molecule has 0 aliphatic carbocycles. The lowest BCUT2D eigenvalue weighted by Crippen LogP contribution is -2.39. The van der Waals surface area contributed by atoms with Crippen molar-refractivity contribution in [2.45, 2.75) is 32.8 Å². The van der Waals surface area contributed by atoms with Crippen molar-refractivity contribution in [3.8, 4) is 0 Å². The Kier molecular flexibility index (Phi) is 5.26. The minimum absolute atomic E-state index is 0.120. The summed E-state index contributed by atoms with van der Waals surface area (Å²) in [6.45, 7) is 6.35. The van der Waals surface area contributed by atoms with Gasteiger partial charge < -0.3 is 14.4 Å². The summed E-state index contributed by atoms with van der Waals surface area (Å²) in [5, 5.41) is 0. The smallest absolute Gasteiger partial charge is 0.410 e. The minimum Gasteiger partial charge on any atom is -0.465 e. The first-order chi connectivity index (χ1) is 11.2. The van der Waals surface area contributed by atoms with E-state index in [-0.39, 0.29) is 11.7 Å². The monoisotopic (exact) mass is 335 g/mol. The Balaban J connectivity index is 2.20. The SMILES string of the molecule is COC(=O)c1cc(C2=CCCN(C(=O)OC(C)(C)C)C2)ccc1F. The van der Waals surface area contributed by atoms with E-state index in [4.69, 9.17) is 4.74 Å². The standard InChI is InChI=1S/C18H22FNO4/c1-18(2,3)24-17(22)20-9-5-6-13(11-20)12-7-8-15(19)14(10-12)16(21)23-4/h6-8,10H,5,9,11H2,1-4H3. The van der Waals surface area contributed by atoms with Crippen LogP contribution in [-0.2, 0) is 9.47 Å². The van der Waals surface area contributed by atoms with E-state index >= 15 is 0 Å². The summed E-state index contributed by atoms with van der Waals surface area (Å²) >= 11 is 0. The number of hydrogen-bond donors (Lipinski definition) is 0. The summed E-state index contributed by atoms with van der Waals surface area (Å²) in [5.41, 5.74) is 0.847. The highest BCUT2D eigenvalue weighted by atomic mass is 19.1. The van der Waals surface area contributed by atoms with E-state index in [1.807, 2.05) is 26.8 Å². The molecule has 2 rings (SSSR count). The Morgan fingerprint density at radius 2 is 1.96 bits per heavy atom. The Morgan fingerprint density at radius 1 is 1.25 bits per heavy atom. The fourth-order valence-electron chi connectivity index (χ4n) is 2.43. The average molecular weight is 335 g/mol. The van der Waals surface area contributed by atoms with Crippen molar-refractivity contribution in [1.29, 1.82) is 0 Å². The second-order valence-electron chi connectivity index (χ2n) is 6.61. The molecule has 0 atom stereocenters. The van der Waals surface area contributed by atoms with E-state index in [1.54, 1.807) is 11.0 Å². The largest absolute Gasteiger partial charge is 0.465 e. The predicted molar refractivity (Wildman–Crippen MR) is 88.1 cm³/mol. The molecule has 1 aliphatic heterocycles. The van der Waals surface area contributed by atoms with Crippen LogP contribution in [0.15, 0.2) is 24.3 Å². The number of halogens is 1. The van der Waals surface area contributed by atoms with Crippen LogP contribution in [0.2, 0.25) is 0 Å². The zero-order valence-corrected chi connectivity index (χ0v) is 14.4. The van der Waals surface area contributed by atoms with Gasteiger partial charge in [-0.15, -0.1) is 0 Å². The van der Waals surface area contributed by atoms with Gasteiger partial charge in [-0.25, -0.2) is 14.0 Å². The van der Waals surface area contributed by atoms with Gasteiger partial charge in [0.05, 0.1) is 12.7 Å². The molecule has 130 valence electrons. The van der Waals surface area contributed by atoms with Gasteiger partial charge in [0, 0.05) is 13.1 Å². The van der Waals surface area contributed by atoms with Gasteiger partial charge in [0.15, 0.2) is 0 Å². The van der Waals surface area contributed by atoms with Crippen molar-refractivity contribution in [3.63, 3.8) is 0 Å². The van der Waals surface area contributed by atoms with Gasteiger partial charge in [-0.05, 0) is 50.5 Å². The molecule has 1 aromatic rings. The van der Waals surface area contributed by atoms with Crippen molar-refractivity contribution in [3.05, 3.63) is 41.2 Å². The topological polar surface area (TPSA) is 55.8 Å². The summed E-state index contributed by atoms with van der Waals surface area (Å²) in [5.74, 6) is -1.36. The van der Waals surface area contributed by atoms with Gasteiger partial charge >= 0.3 is 12.1 Å². The van der Waals surface area contributed by atoms with Gasteiger partial charge in [0.2, 0.25) is 0 Å². The molecular weight excluding hydrogens is 313 g/mol. The van der Waals surface area contributed by atoms with Gasteiger partial charge in [-0.2, -0.15) is 0 Å². The molecule has 24 heavy (non-hydrogen) atoms. The molecule has 0 spiro atoms. The number of amides is 1. The second kappa shape index (κ2) is 7.03. The quantitative estimate of drug-likeness (QED) is 0.774. The Labute approximate surface area is 141 Å². The van der Waals surface area contributed by atoms with Crippen LogP contribution in [0.4, 0.5) is 9.18 Å². The van der Waals surface area contributed by atoms with Gasteiger partial charge in [0.25, 0.3) is 0 Å². The van der Waals surface area contributed by atoms with Crippen LogP contribution in [0.1, 0.15) is 43.1 Å². The van der Waals surface area contributed by atoms with Crippen LogP contribution in [0.25, 0.3) is 5.57 Å². The molecule has 0 saturated carbocycles. The first kappa shape index (κ1) is 18.0. The fraction of sp³-hybridized carbons (Fsp3) is 0.444. The predicted octanol–water partition coefficient (Wildman–Crippen LogP) is 3.64. The fourth-order valence-corrected chi connectivity index (χ4v) is 2.43. The van der Waals surface area contributed by atoms with E-state index in [0.29, 0.717) is 25.1 Å². The molecule has 1 aliphatic rings. The molecule has 6 heteroatoms. The number of esters is 1. The molecular formula is C18H22FNO4. The zero-order valence-electron chi connectivity index (χ0n) is 14.4. The summed E-state index contributed by atoms with van der Waals surface area (Å²) in [6.07, 6.45) is 2.26. The number of ether oxygens (including phenoxy) is 2. The number of nitrogens with zero attached hydrogens (tertiary/aromatic N) is 1. The lowest BCUT2D eigenvalue weighted by atomic mass is 9.99. The zero-order chi connectivity index (χ0) is 17.9. The molecule has 0 unspecified atom stereocenters. The number of benzene rings is 1. The van der Waals surface area contributed by atoms with Crippen LogP contribution < -0.4 is 0 Å². The molecule has 1 aromatic carbocycles. The van der Waals surface area contributed by atoms with Crippen molar-refractivity contribution in [1.82, 2.24) is 4.90 Å². The van der Waals surface area contributed by atoms with E-state index in [2.05, 4.69) is 4.74 Å². The van der Waals surface area contributed by atoms with Crippen LogP contribution in [0.3, 0.4) is 0 Å². The summed E-state index contributed by atoms with van der Waals surface area (Å²) in [6, 6.07) is 4.27. The maximum absolute atomic E-state index is 13.8. The highest BCUT2D eigenvalue weighted by molar-refractivity contribution is 5.91. The van der Waals surface area contributed by atoms with Crippen molar-refractivity contribution in [2.75, 3.05) is 20.2 Å². The van der Waals surface area contributed by atoms with Crippen LogP contribution in [-0.4, -0.2) is 42.8 Å². The van der Waals surface area contributed by atoms with Crippen LogP contribution >= 0.6 is 0 Å². The Morgan fingerprint density at radius 3 is 2.58 bits per heavy atom. The maximum Gasteiger partial charge on any atom is 0.410 e. The minimum atomic E-state index is -0.727. The van der Waals surface area contributed by atoms with Crippen LogP contribution in [0.5, 0.6) is 0 Å². The first-order valence-electron chi connectivity index (χ1n) is 7.76. The summed E-state index contributed by atoms with van der Waals surface area (Å²) < 4.78 is 23.7. The van der Waals surface area contributed by atoms with Crippen molar-refractivity contribution in [2.24, 2.45) is 0 Å². The number of rotatable bonds is 2. The molecule has 0 N–H and O–H groups in total. The molecule has 5 nitrogen and oxygen atoms in total. The van der Waals surface area contributed by atoms with E-state index < -0.39 is 17.4 Å². The number of carbonyl (C=O) groups excluding carboxylic acids is 2. The number of carbonyl (C=O) groups is 2. The molecule has 0 bridgehead atoms. The van der Waals surface area contributed by atoms with Gasteiger partial charge in [-0.3, -0.25) is 0 Å². The first-order valence-corrected chi connectivity index (χ1v) is 7.76. The van der Waals surface area contributed by atoms with Crippen molar-refractivity contribution < 1.29 is 23.5 Å². The highest BCUT2D eigenvalue weighted by Crippen LogP contribution is 2.24. The molecule has 0 aromatic heterocycles. The molecule has 1 amide bonds. The van der Waals surface area contributed by atoms with Gasteiger partial charge in [-0.1, -0.05) is 12.1 Å². The summed E-state index contributed by atoms with van der Waals surface area (Å²) in [4.78, 5) is 25.4. The number of hydrogen-bond acceptors (Lipinski definition) is 4. The highest BCUT2D eigenvalue weighted by Gasteiger charge is 2.25. The Hall–Kier alpha value is -2.37. The molecule has 0 radical (unpaired) electrons. The van der Waals surface area contributed by atoms with Gasteiger partial charge in [0.1, 0.15) is 11.4 Å². The molecule has 0 fully saturated rings. The number of methoxy groups -OCH3 is 1. The van der Waals surface area contributed by atoms with E-state index in [1.165, 1.54) is 19.2 Å². The third-order valence-corrected chi connectivity index (χ3v) is 3.55. The van der Waals surface area contributed by atoms with Crippen LogP contribution in [0, 0.1) is 5.82 Å². The Bertz CT molecular complexity index is 676.